The third-order valence-corrected chi connectivity index (χ3v) is 4.07. The molecule has 0 aliphatic heterocycles. The van der Waals surface area contributed by atoms with Gasteiger partial charge in [-0.25, -0.2) is 36.4 Å². The van der Waals surface area contributed by atoms with Crippen molar-refractivity contribution < 1.29 is 37.3 Å². The summed E-state index contributed by atoms with van der Waals surface area (Å²) < 4.78 is 0. The van der Waals surface area contributed by atoms with Crippen LogP contribution in [-0.4, -0.2) is 0 Å². The predicted octanol–water partition coefficient (Wildman–Crippen LogP) is 7.59. The standard InChI is InChI=1S/3C8H11.Er/c3*1-7(2)8-5-3-4-6-8;/h3*3-7H,1-2H3;/q3*-1;+3. The maximum atomic E-state index is 2.20. The first-order valence-corrected chi connectivity index (χ1v) is 9.06. The summed E-state index contributed by atoms with van der Waals surface area (Å²) >= 11 is 0. The molecule has 0 amide bonds. The van der Waals surface area contributed by atoms with E-state index >= 15 is 0 Å². The second-order valence-corrected chi connectivity index (χ2v) is 7.12. The molecule has 0 atom stereocenters. The van der Waals surface area contributed by atoms with Crippen LogP contribution >= 0.6 is 0 Å². The van der Waals surface area contributed by atoms with Crippen molar-refractivity contribution in [2.45, 2.75) is 59.3 Å². The Kier molecular flexibility index (Phi) is 13.1. The van der Waals surface area contributed by atoms with Crippen LogP contribution < -0.4 is 0 Å². The Balaban J connectivity index is 0.000000339. The van der Waals surface area contributed by atoms with Crippen LogP contribution in [0.3, 0.4) is 0 Å². The average Bonchev–Trinajstić information content (AvgIpc) is 3.29. The van der Waals surface area contributed by atoms with Gasteiger partial charge in [-0.1, -0.05) is 59.3 Å². The molecule has 0 bridgehead atoms. The largest absolute Gasteiger partial charge is 3.00 e. The van der Waals surface area contributed by atoms with Gasteiger partial charge in [0.25, 0.3) is 0 Å². The Labute approximate surface area is 185 Å². The molecule has 3 rings (SSSR count). The molecule has 1 heteroatoms. The monoisotopic (exact) mass is 487 g/mol. The molecule has 141 valence electrons. The molecule has 0 heterocycles. The molecule has 0 aliphatic rings. The summed E-state index contributed by atoms with van der Waals surface area (Å²) in [6, 6.07) is 25.4. The van der Waals surface area contributed by atoms with Crippen LogP contribution in [0.1, 0.15) is 76.0 Å². The van der Waals surface area contributed by atoms with Gasteiger partial charge in [0, 0.05) is 0 Å². The molecule has 3 aromatic rings. The summed E-state index contributed by atoms with van der Waals surface area (Å²) in [5.74, 6) is 2.06. The van der Waals surface area contributed by atoms with E-state index in [0.717, 1.165) is 0 Å². The van der Waals surface area contributed by atoms with Crippen molar-refractivity contribution in [3.05, 3.63) is 89.5 Å². The van der Waals surface area contributed by atoms with Gasteiger partial charge < -0.3 is 0 Å². The van der Waals surface area contributed by atoms with Gasteiger partial charge in [-0.2, -0.15) is 53.1 Å². The second-order valence-electron chi connectivity index (χ2n) is 7.12. The molecule has 0 N–H and O–H groups in total. The number of hydrogen-bond donors (Lipinski definition) is 0. The van der Waals surface area contributed by atoms with Gasteiger partial charge in [0.15, 0.2) is 0 Å². The summed E-state index contributed by atoms with van der Waals surface area (Å²) in [5.41, 5.74) is 4.31. The Morgan fingerprint density at radius 2 is 0.560 bits per heavy atom. The summed E-state index contributed by atoms with van der Waals surface area (Å²) in [6.45, 7) is 13.2. The van der Waals surface area contributed by atoms with E-state index in [1.165, 1.54) is 16.7 Å². The van der Waals surface area contributed by atoms with Crippen LogP contribution in [0, 0.1) is 37.3 Å². The zero-order chi connectivity index (χ0) is 17.9. The van der Waals surface area contributed by atoms with Crippen LogP contribution in [-0.2, 0) is 0 Å². The summed E-state index contributed by atoms with van der Waals surface area (Å²) in [4.78, 5) is 0. The Morgan fingerprint density at radius 1 is 0.400 bits per heavy atom. The van der Waals surface area contributed by atoms with E-state index < -0.39 is 0 Å². The quantitative estimate of drug-likeness (QED) is 0.333. The molecule has 3 aromatic carbocycles. The van der Waals surface area contributed by atoms with E-state index in [1.54, 1.807) is 0 Å². The molecule has 0 saturated carbocycles. The first-order valence-electron chi connectivity index (χ1n) is 9.06. The minimum atomic E-state index is 0. The maximum Gasteiger partial charge on any atom is 3.00 e. The molecule has 0 saturated heterocycles. The molecule has 0 spiro atoms. The fraction of sp³-hybridized carbons (Fsp3) is 0.375. The fourth-order valence-corrected chi connectivity index (χ4v) is 2.32. The van der Waals surface area contributed by atoms with Crippen molar-refractivity contribution in [2.24, 2.45) is 0 Å². The molecule has 0 aromatic heterocycles. The van der Waals surface area contributed by atoms with Crippen molar-refractivity contribution in [3.63, 3.8) is 0 Å². The topological polar surface area (TPSA) is 0 Å². The van der Waals surface area contributed by atoms with Crippen LogP contribution in [0.4, 0.5) is 0 Å². The van der Waals surface area contributed by atoms with Gasteiger partial charge in [0.1, 0.15) is 0 Å². The van der Waals surface area contributed by atoms with Gasteiger partial charge in [-0.15, -0.1) is 0 Å². The van der Waals surface area contributed by atoms with Crippen LogP contribution in [0.15, 0.2) is 72.8 Å². The smallest absolute Gasteiger partial charge is 0.213 e. The van der Waals surface area contributed by atoms with E-state index in [0.29, 0.717) is 17.8 Å². The van der Waals surface area contributed by atoms with Crippen LogP contribution in [0.2, 0.25) is 0 Å². The zero-order valence-electron chi connectivity index (χ0n) is 16.4. The Hall–Kier alpha value is -0.703. The second kappa shape index (κ2) is 13.5. The predicted molar refractivity (Wildman–Crippen MR) is 108 cm³/mol. The minimum Gasteiger partial charge on any atom is -0.213 e. The fourth-order valence-electron chi connectivity index (χ4n) is 2.32. The molecule has 25 heavy (non-hydrogen) atoms. The average molecular weight is 489 g/mol. The normalized spacial score (nSPS) is 9.96. The molecule has 0 fully saturated rings. The molecule has 0 nitrogen and oxygen atoms in total. The molecule has 0 aliphatic carbocycles. The third kappa shape index (κ3) is 10.1. The van der Waals surface area contributed by atoms with Crippen molar-refractivity contribution in [3.8, 4) is 0 Å². The van der Waals surface area contributed by atoms with Gasteiger partial charge >= 0.3 is 37.3 Å². The summed E-state index contributed by atoms with van der Waals surface area (Å²) in [7, 11) is 0. The van der Waals surface area contributed by atoms with E-state index in [9.17, 15) is 0 Å². The first-order chi connectivity index (χ1) is 11.4. The molecular formula is C24H33Er. The first kappa shape index (κ1) is 24.3. The van der Waals surface area contributed by atoms with Gasteiger partial charge in [-0.05, 0) is 0 Å². The molecular weight excluding hydrogens is 456 g/mol. The zero-order valence-corrected chi connectivity index (χ0v) is 18.3. The van der Waals surface area contributed by atoms with Gasteiger partial charge in [0.05, 0.1) is 0 Å². The van der Waals surface area contributed by atoms with Crippen molar-refractivity contribution in [1.82, 2.24) is 0 Å². The van der Waals surface area contributed by atoms with Gasteiger partial charge in [-0.3, -0.25) is 0 Å². The maximum absolute atomic E-state index is 2.20. The minimum absolute atomic E-state index is 0. The Morgan fingerprint density at radius 3 is 0.640 bits per heavy atom. The van der Waals surface area contributed by atoms with Crippen molar-refractivity contribution in [1.29, 1.82) is 0 Å². The SMILES string of the molecule is CC(C)[c-]1cccc1.CC(C)[c-]1cccc1.CC(C)[c-]1cccc1.[Er+3]. The van der Waals surface area contributed by atoms with E-state index in [-0.39, 0.29) is 37.3 Å². The number of hydrogen-bond acceptors (Lipinski definition) is 0. The Bertz CT molecular complexity index is 502. The molecule has 1 radical (unpaired) electrons. The van der Waals surface area contributed by atoms with E-state index in [2.05, 4.69) is 114 Å². The third-order valence-electron chi connectivity index (χ3n) is 4.07. The van der Waals surface area contributed by atoms with Gasteiger partial charge in [0.2, 0.25) is 0 Å². The summed E-state index contributed by atoms with van der Waals surface area (Å²) in [6.07, 6.45) is 0. The van der Waals surface area contributed by atoms with E-state index in [4.69, 9.17) is 0 Å². The van der Waals surface area contributed by atoms with Crippen LogP contribution in [0.5, 0.6) is 0 Å². The van der Waals surface area contributed by atoms with Crippen molar-refractivity contribution in [2.75, 3.05) is 0 Å². The molecule has 0 unspecified atom stereocenters. The van der Waals surface area contributed by atoms with E-state index in [1.807, 2.05) is 0 Å². The number of rotatable bonds is 3. The van der Waals surface area contributed by atoms with Crippen molar-refractivity contribution >= 4 is 0 Å². The summed E-state index contributed by atoms with van der Waals surface area (Å²) in [5, 5.41) is 0. The van der Waals surface area contributed by atoms with Crippen LogP contribution in [0.25, 0.3) is 0 Å².